The predicted octanol–water partition coefficient (Wildman–Crippen LogP) is 3.03. The highest BCUT2D eigenvalue weighted by molar-refractivity contribution is 5.93. The minimum absolute atomic E-state index is 0.154. The fourth-order valence-corrected chi connectivity index (χ4v) is 2.80. The summed E-state index contributed by atoms with van der Waals surface area (Å²) in [6.45, 7) is 1.96. The molecule has 2 rings (SSSR count). The third-order valence-electron chi connectivity index (χ3n) is 3.90. The molecule has 0 unspecified atom stereocenters. The summed E-state index contributed by atoms with van der Waals surface area (Å²) in [4.78, 5) is 12.1. The van der Waals surface area contributed by atoms with E-state index in [0.29, 0.717) is 24.3 Å². The summed E-state index contributed by atoms with van der Waals surface area (Å²) < 4.78 is 5.24. The molecule has 1 aliphatic carbocycles. The van der Waals surface area contributed by atoms with E-state index in [1.54, 1.807) is 7.11 Å². The van der Waals surface area contributed by atoms with Crippen molar-refractivity contribution in [1.29, 1.82) is 0 Å². The number of ether oxygens (including phenoxy) is 1. The number of anilines is 1. The van der Waals surface area contributed by atoms with Gasteiger partial charge in [-0.2, -0.15) is 0 Å². The van der Waals surface area contributed by atoms with E-state index in [0.717, 1.165) is 24.8 Å². The summed E-state index contributed by atoms with van der Waals surface area (Å²) in [6, 6.07) is 5.64. The Hall–Kier alpha value is -1.55. The van der Waals surface area contributed by atoms with Crippen LogP contribution in [0.4, 0.5) is 5.69 Å². The van der Waals surface area contributed by atoms with Gasteiger partial charge in [0, 0.05) is 0 Å². The normalized spacial score (nSPS) is 17.6. The van der Waals surface area contributed by atoms with Crippen molar-refractivity contribution in [3.8, 4) is 5.75 Å². The number of amides is 1. The second-order valence-corrected chi connectivity index (χ2v) is 5.71. The van der Waals surface area contributed by atoms with Crippen molar-refractivity contribution in [3.05, 3.63) is 23.8 Å². The molecule has 0 bridgehead atoms. The Balaban J connectivity index is 2.02. The van der Waals surface area contributed by atoms with Crippen molar-refractivity contribution >= 4 is 11.6 Å². The molecule has 0 heterocycles. The minimum atomic E-state index is -0.834. The highest BCUT2D eigenvalue weighted by Crippen LogP contribution is 2.32. The molecule has 1 fully saturated rings. The third-order valence-corrected chi connectivity index (χ3v) is 3.90. The van der Waals surface area contributed by atoms with Crippen LogP contribution in [0.2, 0.25) is 0 Å². The third kappa shape index (κ3) is 3.73. The number of aliphatic hydroxyl groups is 1. The molecule has 110 valence electrons. The predicted molar refractivity (Wildman–Crippen MR) is 79.0 cm³/mol. The van der Waals surface area contributed by atoms with Crippen molar-refractivity contribution in [1.82, 2.24) is 0 Å². The monoisotopic (exact) mass is 277 g/mol. The van der Waals surface area contributed by atoms with E-state index < -0.39 is 5.60 Å². The number of carbonyl (C=O) groups is 1. The van der Waals surface area contributed by atoms with Crippen LogP contribution in [0.5, 0.6) is 5.75 Å². The number of carbonyl (C=O) groups excluding carboxylic acids is 1. The zero-order valence-electron chi connectivity index (χ0n) is 12.2. The van der Waals surface area contributed by atoms with Crippen molar-refractivity contribution in [2.45, 2.75) is 51.0 Å². The van der Waals surface area contributed by atoms with Crippen LogP contribution in [0.1, 0.15) is 44.1 Å². The number of nitrogens with one attached hydrogen (secondary N) is 1. The van der Waals surface area contributed by atoms with Crippen molar-refractivity contribution in [2.24, 2.45) is 0 Å². The van der Waals surface area contributed by atoms with Gasteiger partial charge in [-0.15, -0.1) is 0 Å². The van der Waals surface area contributed by atoms with E-state index in [4.69, 9.17) is 4.74 Å². The first-order chi connectivity index (χ1) is 9.52. The standard InChI is InChI=1S/C16H23NO3/c1-12-6-7-14(20-2)13(10-12)17-15(18)11-16(19)8-4-3-5-9-16/h6-7,10,19H,3-5,8-9,11H2,1-2H3,(H,17,18). The lowest BCUT2D eigenvalue weighted by Crippen LogP contribution is -2.35. The molecule has 1 amide bonds. The number of hydrogen-bond donors (Lipinski definition) is 2. The van der Waals surface area contributed by atoms with Crippen LogP contribution in [-0.2, 0) is 4.79 Å². The second kappa shape index (κ2) is 6.27. The molecule has 0 aliphatic heterocycles. The molecule has 2 N–H and O–H groups in total. The van der Waals surface area contributed by atoms with Crippen LogP contribution in [0.3, 0.4) is 0 Å². The number of aryl methyl sites for hydroxylation is 1. The molecule has 0 aromatic heterocycles. The smallest absolute Gasteiger partial charge is 0.227 e. The molecule has 1 aliphatic rings. The van der Waals surface area contributed by atoms with Gasteiger partial charge in [0.2, 0.25) is 5.91 Å². The minimum Gasteiger partial charge on any atom is -0.495 e. The zero-order chi connectivity index (χ0) is 14.6. The van der Waals surface area contributed by atoms with E-state index in [2.05, 4.69) is 5.32 Å². The van der Waals surface area contributed by atoms with E-state index in [-0.39, 0.29) is 12.3 Å². The Labute approximate surface area is 120 Å². The average Bonchev–Trinajstić information content (AvgIpc) is 2.39. The Morgan fingerprint density at radius 2 is 2.05 bits per heavy atom. The lowest BCUT2D eigenvalue weighted by molar-refractivity contribution is -0.122. The van der Waals surface area contributed by atoms with Gasteiger partial charge in [0.25, 0.3) is 0 Å². The summed E-state index contributed by atoms with van der Waals surface area (Å²) in [7, 11) is 1.58. The lowest BCUT2D eigenvalue weighted by Gasteiger charge is -2.31. The van der Waals surface area contributed by atoms with E-state index in [9.17, 15) is 9.90 Å². The SMILES string of the molecule is COc1ccc(C)cc1NC(=O)CC1(O)CCCCC1. The van der Waals surface area contributed by atoms with E-state index >= 15 is 0 Å². The lowest BCUT2D eigenvalue weighted by atomic mass is 9.82. The fourth-order valence-electron chi connectivity index (χ4n) is 2.80. The summed E-state index contributed by atoms with van der Waals surface area (Å²) >= 11 is 0. The second-order valence-electron chi connectivity index (χ2n) is 5.71. The van der Waals surface area contributed by atoms with Gasteiger partial charge in [0.1, 0.15) is 5.75 Å². The van der Waals surface area contributed by atoms with Crippen molar-refractivity contribution in [3.63, 3.8) is 0 Å². The van der Waals surface area contributed by atoms with Crippen LogP contribution in [-0.4, -0.2) is 23.7 Å². The number of rotatable bonds is 4. The Morgan fingerprint density at radius 1 is 1.35 bits per heavy atom. The highest BCUT2D eigenvalue weighted by Gasteiger charge is 2.31. The molecule has 0 spiro atoms. The first-order valence-electron chi connectivity index (χ1n) is 7.19. The van der Waals surface area contributed by atoms with Crippen LogP contribution in [0, 0.1) is 6.92 Å². The van der Waals surface area contributed by atoms with Gasteiger partial charge in [-0.25, -0.2) is 0 Å². The summed E-state index contributed by atoms with van der Waals surface area (Å²) in [5.74, 6) is 0.484. The average molecular weight is 277 g/mol. The quantitative estimate of drug-likeness (QED) is 0.889. The van der Waals surface area contributed by atoms with Gasteiger partial charge < -0.3 is 15.2 Å². The molecule has 20 heavy (non-hydrogen) atoms. The zero-order valence-corrected chi connectivity index (χ0v) is 12.2. The van der Waals surface area contributed by atoms with E-state index in [1.807, 2.05) is 25.1 Å². The van der Waals surface area contributed by atoms with Crippen molar-refractivity contribution < 1.29 is 14.6 Å². The topological polar surface area (TPSA) is 58.6 Å². The molecule has 1 aromatic rings. The molecule has 0 saturated heterocycles. The molecule has 0 radical (unpaired) electrons. The van der Waals surface area contributed by atoms with Gasteiger partial charge in [-0.05, 0) is 37.5 Å². The molecule has 4 nitrogen and oxygen atoms in total. The number of benzene rings is 1. The molecule has 1 saturated carbocycles. The first-order valence-corrected chi connectivity index (χ1v) is 7.19. The highest BCUT2D eigenvalue weighted by atomic mass is 16.5. The van der Waals surface area contributed by atoms with Crippen LogP contribution in [0.15, 0.2) is 18.2 Å². The molecular weight excluding hydrogens is 254 g/mol. The Bertz CT molecular complexity index is 479. The largest absolute Gasteiger partial charge is 0.495 e. The molecular formula is C16H23NO3. The maximum atomic E-state index is 12.1. The van der Waals surface area contributed by atoms with Crippen LogP contribution < -0.4 is 10.1 Å². The first kappa shape index (κ1) is 14.9. The molecule has 4 heteroatoms. The molecule has 0 atom stereocenters. The van der Waals surface area contributed by atoms with Crippen molar-refractivity contribution in [2.75, 3.05) is 12.4 Å². The maximum absolute atomic E-state index is 12.1. The fraction of sp³-hybridized carbons (Fsp3) is 0.562. The van der Waals surface area contributed by atoms with Gasteiger partial charge in [0.05, 0.1) is 24.8 Å². The number of hydrogen-bond acceptors (Lipinski definition) is 3. The van der Waals surface area contributed by atoms with Gasteiger partial charge in [-0.3, -0.25) is 4.79 Å². The maximum Gasteiger partial charge on any atom is 0.227 e. The summed E-state index contributed by atoms with van der Waals surface area (Å²) in [5.41, 5.74) is 0.883. The van der Waals surface area contributed by atoms with Gasteiger partial charge >= 0.3 is 0 Å². The van der Waals surface area contributed by atoms with Crippen LogP contribution in [0.25, 0.3) is 0 Å². The summed E-state index contributed by atoms with van der Waals surface area (Å²) in [5, 5.41) is 13.3. The summed E-state index contributed by atoms with van der Waals surface area (Å²) in [6.07, 6.45) is 4.73. The van der Waals surface area contributed by atoms with E-state index in [1.165, 1.54) is 0 Å². The van der Waals surface area contributed by atoms with Crippen LogP contribution >= 0.6 is 0 Å². The number of methoxy groups -OCH3 is 1. The molecule has 1 aromatic carbocycles. The Morgan fingerprint density at radius 3 is 2.70 bits per heavy atom. The Kier molecular flexibility index (Phi) is 4.65. The van der Waals surface area contributed by atoms with Gasteiger partial charge in [0.15, 0.2) is 0 Å². The van der Waals surface area contributed by atoms with Gasteiger partial charge in [-0.1, -0.05) is 25.3 Å².